The zero-order valence-corrected chi connectivity index (χ0v) is 12.8. The molecule has 0 amide bonds. The molecule has 10 heteroatoms. The van der Waals surface area contributed by atoms with Crippen molar-refractivity contribution in [2.24, 2.45) is 0 Å². The van der Waals surface area contributed by atoms with E-state index < -0.39 is 29.0 Å². The molecule has 52 valence electrons. The Hall–Kier alpha value is 2.48. The van der Waals surface area contributed by atoms with Crippen LogP contribution in [0.25, 0.3) is 0 Å². The van der Waals surface area contributed by atoms with Crippen LogP contribution in [-0.2, 0) is 7.67 Å². The molecule has 0 aliphatic heterocycles. The van der Waals surface area contributed by atoms with Crippen molar-refractivity contribution >= 4 is 29.0 Å². The van der Waals surface area contributed by atoms with Crippen LogP contribution in [0.15, 0.2) is 0 Å². The Balaban J connectivity index is -0.0000000300. The monoisotopic (exact) mass is 304 g/mol. The van der Waals surface area contributed by atoms with Crippen molar-refractivity contribution in [3.05, 3.63) is 0 Å². The fourth-order valence-electron chi connectivity index (χ4n) is 0. The first-order valence-corrected chi connectivity index (χ1v) is 5.36. The summed E-state index contributed by atoms with van der Waals surface area (Å²) in [6.07, 6.45) is 0. The predicted molar refractivity (Wildman–Crippen MR) is 17.3 cm³/mol. The molecule has 0 aromatic heterocycles. The molecular weight excluding hydrogens is 300 g/mol. The van der Waals surface area contributed by atoms with E-state index in [0.717, 1.165) is 0 Å². The molecule has 0 rings (SSSR count). The maximum absolute atomic E-state index is 8.76. The SMILES string of the molecule is O=[Se](O)O.O=[Se]([O-])[O-].[Na+].[Na+]. The summed E-state index contributed by atoms with van der Waals surface area (Å²) < 4.78 is 48.7. The molecule has 6 nitrogen and oxygen atoms in total. The van der Waals surface area contributed by atoms with Gasteiger partial charge in [-0.1, -0.05) is 0 Å². The van der Waals surface area contributed by atoms with E-state index in [1.54, 1.807) is 0 Å². The van der Waals surface area contributed by atoms with Crippen molar-refractivity contribution in [2.75, 3.05) is 0 Å². The molecule has 10 heavy (non-hydrogen) atoms. The summed E-state index contributed by atoms with van der Waals surface area (Å²) in [4.78, 5) is 0. The second kappa shape index (κ2) is 17.5. The molecule has 0 radical (unpaired) electrons. The zero-order chi connectivity index (χ0) is 7.15. The van der Waals surface area contributed by atoms with Crippen LogP contribution < -0.4 is 67.5 Å². The van der Waals surface area contributed by atoms with Gasteiger partial charge in [-0.3, -0.25) is 0 Å². The standard InChI is InChI=1S/2Na.2H2O3Se/c;;2*1-4(2)3/h;;2*(H2,1,2,3)/q2*+1;;/p-2. The Bertz CT molecular complexity index is 71.7. The van der Waals surface area contributed by atoms with Crippen LogP contribution in [0.1, 0.15) is 0 Å². The summed E-state index contributed by atoms with van der Waals surface area (Å²) in [7, 11) is 0. The quantitative estimate of drug-likeness (QED) is 0.429. The molecule has 0 saturated carbocycles. The third-order valence-corrected chi connectivity index (χ3v) is 0. The van der Waals surface area contributed by atoms with Crippen LogP contribution in [0.2, 0.25) is 0 Å². The average Bonchev–Trinajstić information content (AvgIpc) is 1.25. The number of hydrogen-bond donors (Lipinski definition) is 2. The van der Waals surface area contributed by atoms with Crippen LogP contribution in [0.4, 0.5) is 0 Å². The summed E-state index contributed by atoms with van der Waals surface area (Å²) in [5.41, 5.74) is 0. The molecule has 0 fully saturated rings. The van der Waals surface area contributed by atoms with Gasteiger partial charge in [-0.2, -0.15) is 0 Å². The Kier molecular flexibility index (Phi) is 40.1. The van der Waals surface area contributed by atoms with E-state index in [1.807, 2.05) is 0 Å². The summed E-state index contributed by atoms with van der Waals surface area (Å²) in [5.74, 6) is 0. The molecule has 0 aromatic rings. The molecule has 0 bridgehead atoms. The summed E-state index contributed by atoms with van der Waals surface area (Å²) in [6, 6.07) is 0. The maximum Gasteiger partial charge on any atom is 1.00 e. The van der Waals surface area contributed by atoms with Crippen molar-refractivity contribution in [2.45, 2.75) is 0 Å². The zero-order valence-electron chi connectivity index (χ0n) is 5.34. The molecule has 2 N–H and O–H groups in total. The fourth-order valence-corrected chi connectivity index (χ4v) is 0. The first kappa shape index (κ1) is 22.9. The van der Waals surface area contributed by atoms with Gasteiger partial charge < -0.3 is 0 Å². The van der Waals surface area contributed by atoms with Crippen LogP contribution >= 0.6 is 0 Å². The molecule has 0 spiro atoms. The molecule has 0 heterocycles. The fraction of sp³-hybridized carbons (Fsp3) is 0. The van der Waals surface area contributed by atoms with E-state index >= 15 is 0 Å². The van der Waals surface area contributed by atoms with Crippen molar-refractivity contribution in [1.29, 1.82) is 0 Å². The van der Waals surface area contributed by atoms with E-state index in [4.69, 9.17) is 24.4 Å². The van der Waals surface area contributed by atoms with Crippen LogP contribution in [-0.4, -0.2) is 37.4 Å². The second-order valence-electron chi connectivity index (χ2n) is 0.435. The van der Waals surface area contributed by atoms with Crippen molar-refractivity contribution in [1.82, 2.24) is 0 Å². The van der Waals surface area contributed by atoms with Crippen molar-refractivity contribution in [3.8, 4) is 0 Å². The Labute approximate surface area is 111 Å². The van der Waals surface area contributed by atoms with E-state index in [9.17, 15) is 0 Å². The second-order valence-corrected chi connectivity index (χ2v) is 2.26. The number of hydrogen-bond acceptors (Lipinski definition) is 4. The molecule has 0 atom stereocenters. The van der Waals surface area contributed by atoms with E-state index in [2.05, 4.69) is 0 Å². The van der Waals surface area contributed by atoms with E-state index in [0.29, 0.717) is 0 Å². The summed E-state index contributed by atoms with van der Waals surface area (Å²) >= 11 is -7.08. The van der Waals surface area contributed by atoms with Gasteiger partial charge >= 0.3 is 113 Å². The molecule has 0 aliphatic carbocycles. The molecule has 0 unspecified atom stereocenters. The Morgan fingerprint density at radius 1 is 1.00 bits per heavy atom. The predicted octanol–water partition coefficient (Wildman–Crippen LogP) is -10.5. The third-order valence-electron chi connectivity index (χ3n) is 0. The minimum atomic E-state index is -3.79. The summed E-state index contributed by atoms with van der Waals surface area (Å²) in [5, 5.41) is 0. The van der Waals surface area contributed by atoms with Crippen molar-refractivity contribution < 1.29 is 83.5 Å². The van der Waals surface area contributed by atoms with Gasteiger partial charge in [0.2, 0.25) is 0 Å². The van der Waals surface area contributed by atoms with Gasteiger partial charge in [0.1, 0.15) is 0 Å². The van der Waals surface area contributed by atoms with E-state index in [-0.39, 0.29) is 59.1 Å². The maximum atomic E-state index is 8.76. The first-order chi connectivity index (χ1) is 3.46. The molecule has 0 aromatic carbocycles. The molecule has 0 aliphatic rings. The molecule has 0 saturated heterocycles. The van der Waals surface area contributed by atoms with Gasteiger partial charge in [0.15, 0.2) is 0 Å². The Morgan fingerprint density at radius 3 is 1.00 bits per heavy atom. The van der Waals surface area contributed by atoms with Crippen molar-refractivity contribution in [3.63, 3.8) is 0 Å². The van der Waals surface area contributed by atoms with Gasteiger partial charge in [0.25, 0.3) is 0 Å². The number of rotatable bonds is 0. The van der Waals surface area contributed by atoms with Crippen LogP contribution in [0.5, 0.6) is 0 Å². The minimum Gasteiger partial charge on any atom is 1.00 e. The van der Waals surface area contributed by atoms with Gasteiger partial charge in [-0.05, 0) is 0 Å². The summed E-state index contributed by atoms with van der Waals surface area (Å²) in [6.45, 7) is 0. The molecular formula is H2Na2O6Se2. The normalized spacial score (nSPS) is 7.00. The van der Waals surface area contributed by atoms with Gasteiger partial charge in [-0.15, -0.1) is 0 Å². The van der Waals surface area contributed by atoms with Crippen LogP contribution in [0.3, 0.4) is 0 Å². The average molecular weight is 302 g/mol. The topological polar surface area (TPSA) is 121 Å². The van der Waals surface area contributed by atoms with Gasteiger partial charge in [0.05, 0.1) is 0 Å². The Morgan fingerprint density at radius 2 is 1.00 bits per heavy atom. The van der Waals surface area contributed by atoms with E-state index in [1.165, 1.54) is 0 Å². The minimum absolute atomic E-state index is 0. The first-order valence-electron chi connectivity index (χ1n) is 1.03. The smallest absolute Gasteiger partial charge is 1.00 e. The largest absolute Gasteiger partial charge is 1.00 e. The third kappa shape index (κ3) is 153. The van der Waals surface area contributed by atoms with Crippen LogP contribution in [0, 0.1) is 0 Å². The van der Waals surface area contributed by atoms with Gasteiger partial charge in [-0.25, -0.2) is 0 Å². The van der Waals surface area contributed by atoms with Gasteiger partial charge in [0, 0.05) is 0 Å².